The number of hydrogen-bond donors (Lipinski definition) is 2. The molecule has 1 fully saturated rings. The van der Waals surface area contributed by atoms with Crippen LogP contribution in [0.5, 0.6) is 5.75 Å². The lowest BCUT2D eigenvalue weighted by Crippen LogP contribution is -2.09. The van der Waals surface area contributed by atoms with Gasteiger partial charge in [-0.05, 0) is 79.3 Å². The van der Waals surface area contributed by atoms with E-state index in [0.717, 1.165) is 34.9 Å². The Morgan fingerprint density at radius 3 is 2.61 bits per heavy atom. The van der Waals surface area contributed by atoms with E-state index in [9.17, 15) is 9.32 Å². The second-order valence-electron chi connectivity index (χ2n) is 6.12. The summed E-state index contributed by atoms with van der Waals surface area (Å²) < 4.78 is 12.8. The zero-order valence-corrected chi connectivity index (χ0v) is 14.5. The second kappa shape index (κ2) is 6.85. The van der Waals surface area contributed by atoms with Crippen LogP contribution in [0.15, 0.2) is 46.2 Å². The van der Waals surface area contributed by atoms with Crippen molar-refractivity contribution in [2.24, 2.45) is 0 Å². The maximum atomic E-state index is 12.8. The summed E-state index contributed by atoms with van der Waals surface area (Å²) in [4.78, 5) is 1.57. The van der Waals surface area contributed by atoms with Gasteiger partial charge in [0.2, 0.25) is 0 Å². The second-order valence-corrected chi connectivity index (χ2v) is 7.60. The topological polar surface area (TPSA) is 49.3 Å². The normalized spacial score (nSPS) is 19.0. The molecule has 3 rings (SSSR count). The Hall–Kier alpha value is -1.65. The van der Waals surface area contributed by atoms with Crippen molar-refractivity contribution in [3.63, 3.8) is 0 Å². The zero-order valence-electron chi connectivity index (χ0n) is 13.6. The highest BCUT2D eigenvalue weighted by Crippen LogP contribution is 2.29. The third-order valence-electron chi connectivity index (χ3n) is 4.60. The van der Waals surface area contributed by atoms with Crippen LogP contribution in [0.4, 0.5) is 0 Å². The van der Waals surface area contributed by atoms with Gasteiger partial charge in [0.15, 0.2) is 0 Å². The molecule has 1 aliphatic rings. The van der Waals surface area contributed by atoms with Crippen LogP contribution in [0.1, 0.15) is 36.0 Å². The van der Waals surface area contributed by atoms with Crippen molar-refractivity contribution in [3.05, 3.63) is 53.1 Å². The summed E-state index contributed by atoms with van der Waals surface area (Å²) in [6, 6.07) is 11.4. The van der Waals surface area contributed by atoms with E-state index in [-0.39, 0.29) is 5.75 Å². The molecule has 1 saturated heterocycles. The minimum atomic E-state index is -1.21. The van der Waals surface area contributed by atoms with Crippen LogP contribution in [-0.2, 0) is 17.2 Å². The van der Waals surface area contributed by atoms with Crippen molar-refractivity contribution < 1.29 is 9.32 Å². The van der Waals surface area contributed by atoms with Crippen molar-refractivity contribution in [1.82, 2.24) is 5.32 Å². The fourth-order valence-corrected chi connectivity index (χ4v) is 4.43. The largest absolute Gasteiger partial charge is 0.508 e. The van der Waals surface area contributed by atoms with E-state index in [4.69, 9.17) is 0 Å². The maximum Gasteiger partial charge on any atom is 0.118 e. The monoisotopic (exact) mass is 329 g/mol. The zero-order chi connectivity index (χ0) is 16.4. The average molecular weight is 329 g/mol. The van der Waals surface area contributed by atoms with Crippen LogP contribution in [0, 0.1) is 6.92 Å². The Morgan fingerprint density at radius 1 is 1.22 bits per heavy atom. The van der Waals surface area contributed by atoms with Gasteiger partial charge in [0.1, 0.15) is 5.75 Å². The highest BCUT2D eigenvalue weighted by atomic mass is 32.2. The quantitative estimate of drug-likeness (QED) is 0.902. The number of phenols is 1. The molecule has 0 aromatic heterocycles. The average Bonchev–Trinajstić information content (AvgIpc) is 3.08. The minimum absolute atomic E-state index is 0.272. The molecule has 122 valence electrons. The van der Waals surface area contributed by atoms with E-state index in [1.54, 1.807) is 12.1 Å². The van der Waals surface area contributed by atoms with Gasteiger partial charge in [-0.15, -0.1) is 0 Å². The van der Waals surface area contributed by atoms with E-state index in [0.29, 0.717) is 5.92 Å². The lowest BCUT2D eigenvalue weighted by Gasteiger charge is -2.14. The maximum absolute atomic E-state index is 12.8. The molecule has 2 aromatic carbocycles. The fourth-order valence-electron chi connectivity index (χ4n) is 3.24. The molecular weight excluding hydrogens is 306 g/mol. The third kappa shape index (κ3) is 3.33. The fraction of sp³-hybridized carbons (Fsp3) is 0.368. The first kappa shape index (κ1) is 16.2. The number of aryl methyl sites for hydroxylation is 2. The summed E-state index contributed by atoms with van der Waals surface area (Å²) in [5.41, 5.74) is 3.40. The molecule has 0 radical (unpaired) electrons. The predicted molar refractivity (Wildman–Crippen MR) is 93.6 cm³/mol. The van der Waals surface area contributed by atoms with Gasteiger partial charge in [-0.1, -0.05) is 13.0 Å². The molecule has 2 aromatic rings. The van der Waals surface area contributed by atoms with E-state index >= 15 is 0 Å². The Labute approximate surface area is 140 Å². The summed E-state index contributed by atoms with van der Waals surface area (Å²) in [6.45, 7) is 6.19. The molecule has 0 spiro atoms. The van der Waals surface area contributed by atoms with Crippen molar-refractivity contribution in [1.29, 1.82) is 0 Å². The van der Waals surface area contributed by atoms with Gasteiger partial charge in [0.05, 0.1) is 10.8 Å². The summed E-state index contributed by atoms with van der Waals surface area (Å²) in [6.07, 6.45) is 1.89. The van der Waals surface area contributed by atoms with Crippen LogP contribution >= 0.6 is 0 Å². The van der Waals surface area contributed by atoms with Crippen molar-refractivity contribution in [2.45, 2.75) is 42.4 Å². The van der Waals surface area contributed by atoms with Crippen LogP contribution < -0.4 is 5.32 Å². The smallest absolute Gasteiger partial charge is 0.118 e. The number of nitrogens with one attached hydrogen (secondary N) is 1. The lowest BCUT2D eigenvalue weighted by molar-refractivity contribution is 0.468. The standard InChI is InChI=1S/C19H23NO2S/c1-3-14-11-17(5-7-19(14)21)23(22)16-4-6-18(13(2)10-16)15-8-9-20-12-15/h4-7,10-11,15,20-21H,3,8-9,12H2,1-2H3. The molecule has 0 aliphatic carbocycles. The van der Waals surface area contributed by atoms with Gasteiger partial charge in [-0.25, -0.2) is 4.21 Å². The Bertz CT molecular complexity index is 736. The van der Waals surface area contributed by atoms with E-state index in [2.05, 4.69) is 18.3 Å². The van der Waals surface area contributed by atoms with Crippen molar-refractivity contribution in [3.8, 4) is 5.75 Å². The Balaban J connectivity index is 1.89. The summed E-state index contributed by atoms with van der Waals surface area (Å²) in [7, 11) is -1.21. The first-order valence-corrected chi connectivity index (χ1v) is 9.30. The molecule has 2 N–H and O–H groups in total. The molecule has 0 amide bonds. The van der Waals surface area contributed by atoms with E-state index in [1.165, 1.54) is 17.5 Å². The third-order valence-corrected chi connectivity index (χ3v) is 5.97. The molecule has 0 bridgehead atoms. The number of hydrogen-bond acceptors (Lipinski definition) is 3. The van der Waals surface area contributed by atoms with Crippen LogP contribution in [0.3, 0.4) is 0 Å². The number of phenolic OH excluding ortho intramolecular Hbond substituents is 1. The van der Waals surface area contributed by atoms with Gasteiger partial charge >= 0.3 is 0 Å². The molecular formula is C19H23NO2S. The number of aromatic hydroxyl groups is 1. The van der Waals surface area contributed by atoms with Gasteiger partial charge < -0.3 is 10.4 Å². The molecule has 2 unspecified atom stereocenters. The first-order chi connectivity index (χ1) is 11.1. The number of benzene rings is 2. The van der Waals surface area contributed by atoms with Gasteiger partial charge in [-0.3, -0.25) is 0 Å². The van der Waals surface area contributed by atoms with E-state index < -0.39 is 10.8 Å². The van der Waals surface area contributed by atoms with Gasteiger partial charge in [0, 0.05) is 16.3 Å². The van der Waals surface area contributed by atoms with Crippen LogP contribution in [-0.4, -0.2) is 22.4 Å². The Morgan fingerprint density at radius 2 is 1.96 bits per heavy atom. The summed E-state index contributed by atoms with van der Waals surface area (Å²) >= 11 is 0. The SMILES string of the molecule is CCc1cc(S(=O)c2ccc(C3CCNC3)c(C)c2)ccc1O. The molecule has 1 aliphatic heterocycles. The molecule has 3 nitrogen and oxygen atoms in total. The molecule has 2 atom stereocenters. The molecule has 1 heterocycles. The number of rotatable bonds is 4. The van der Waals surface area contributed by atoms with Crippen LogP contribution in [0.2, 0.25) is 0 Å². The predicted octanol–water partition coefficient (Wildman–Crippen LogP) is 3.51. The summed E-state index contributed by atoms with van der Waals surface area (Å²) in [5.74, 6) is 0.839. The highest BCUT2D eigenvalue weighted by molar-refractivity contribution is 7.85. The van der Waals surface area contributed by atoms with Gasteiger partial charge in [-0.2, -0.15) is 0 Å². The Kier molecular flexibility index (Phi) is 4.83. The van der Waals surface area contributed by atoms with Crippen LogP contribution in [0.25, 0.3) is 0 Å². The highest BCUT2D eigenvalue weighted by Gasteiger charge is 2.19. The molecule has 0 saturated carbocycles. The van der Waals surface area contributed by atoms with Gasteiger partial charge in [0.25, 0.3) is 0 Å². The first-order valence-electron chi connectivity index (χ1n) is 8.15. The molecule has 4 heteroatoms. The van der Waals surface area contributed by atoms with Crippen molar-refractivity contribution >= 4 is 10.8 Å². The summed E-state index contributed by atoms with van der Waals surface area (Å²) in [5, 5.41) is 13.2. The molecule has 23 heavy (non-hydrogen) atoms. The van der Waals surface area contributed by atoms with Crippen molar-refractivity contribution in [2.75, 3.05) is 13.1 Å². The minimum Gasteiger partial charge on any atom is -0.508 e. The van der Waals surface area contributed by atoms with E-state index in [1.807, 2.05) is 25.1 Å². The lowest BCUT2D eigenvalue weighted by atomic mass is 9.94.